The molecule has 0 aromatic heterocycles. The molecule has 11 heteroatoms. The van der Waals surface area contributed by atoms with Gasteiger partial charge in [0.15, 0.2) is 0 Å². The number of hydrogen-bond acceptors (Lipinski definition) is 7. The minimum absolute atomic E-state index is 0.00821. The van der Waals surface area contributed by atoms with Gasteiger partial charge < -0.3 is 31.9 Å². The highest BCUT2D eigenvalue weighted by Crippen LogP contribution is 2.12. The molecule has 37 heavy (non-hydrogen) atoms. The van der Waals surface area contributed by atoms with Crippen LogP contribution < -0.4 is 21.7 Å². The number of nitrogens with two attached hydrogens (primary N) is 1. The van der Waals surface area contributed by atoms with E-state index in [1.54, 1.807) is 56.3 Å². The fraction of sp³-hybridized carbons (Fsp3) is 0.385. The monoisotopic (exact) mass is 530 g/mol. The Balaban J connectivity index is 2.22. The van der Waals surface area contributed by atoms with Crippen molar-refractivity contribution in [2.75, 3.05) is 5.75 Å². The maximum atomic E-state index is 13.2. The minimum Gasteiger partial charge on any atom is -0.508 e. The van der Waals surface area contributed by atoms with Crippen molar-refractivity contribution in [2.45, 2.75) is 50.9 Å². The maximum Gasteiger partial charge on any atom is 0.326 e. The third-order valence-corrected chi connectivity index (χ3v) is 6.11. The second kappa shape index (κ2) is 14.2. The molecule has 200 valence electrons. The first kappa shape index (κ1) is 29.7. The van der Waals surface area contributed by atoms with Crippen LogP contribution in [0.3, 0.4) is 0 Å². The molecular formula is C26H34N4O6S. The largest absolute Gasteiger partial charge is 0.508 e. The summed E-state index contributed by atoms with van der Waals surface area (Å²) in [5, 5.41) is 26.9. The van der Waals surface area contributed by atoms with Crippen molar-refractivity contribution in [3.8, 4) is 5.75 Å². The average molecular weight is 531 g/mol. The number of carbonyl (C=O) groups excluding carboxylic acids is 3. The topological polar surface area (TPSA) is 171 Å². The first-order chi connectivity index (χ1) is 17.5. The second-order valence-electron chi connectivity index (χ2n) is 9.03. The fourth-order valence-corrected chi connectivity index (χ4v) is 3.69. The van der Waals surface area contributed by atoms with Crippen LogP contribution in [0.1, 0.15) is 25.0 Å². The zero-order valence-corrected chi connectivity index (χ0v) is 21.7. The summed E-state index contributed by atoms with van der Waals surface area (Å²) in [6.45, 7) is 3.54. The van der Waals surface area contributed by atoms with Gasteiger partial charge >= 0.3 is 5.97 Å². The Hall–Kier alpha value is -3.57. The van der Waals surface area contributed by atoms with Gasteiger partial charge in [-0.25, -0.2) is 4.79 Å². The Bertz CT molecular complexity index is 1060. The Morgan fingerprint density at radius 2 is 1.27 bits per heavy atom. The smallest absolute Gasteiger partial charge is 0.326 e. The minimum atomic E-state index is -1.24. The summed E-state index contributed by atoms with van der Waals surface area (Å²) in [5.41, 5.74) is 7.19. The first-order valence-corrected chi connectivity index (χ1v) is 12.5. The van der Waals surface area contributed by atoms with E-state index in [1.165, 1.54) is 12.1 Å². The summed E-state index contributed by atoms with van der Waals surface area (Å²) in [6, 6.07) is 10.5. The molecule has 10 nitrogen and oxygen atoms in total. The van der Waals surface area contributed by atoms with Crippen LogP contribution in [-0.2, 0) is 32.0 Å². The van der Waals surface area contributed by atoms with E-state index < -0.39 is 47.9 Å². The van der Waals surface area contributed by atoms with E-state index in [2.05, 4.69) is 28.6 Å². The molecule has 2 aromatic carbocycles. The van der Waals surface area contributed by atoms with Gasteiger partial charge in [-0.2, -0.15) is 12.6 Å². The highest BCUT2D eigenvalue weighted by atomic mass is 32.1. The van der Waals surface area contributed by atoms with Gasteiger partial charge in [0.25, 0.3) is 0 Å². The Kier molecular flexibility index (Phi) is 11.4. The Labute approximate surface area is 221 Å². The summed E-state index contributed by atoms with van der Waals surface area (Å²) in [7, 11) is 0. The number of nitrogens with one attached hydrogen (secondary N) is 3. The normalized spacial score (nSPS) is 14.2. The SMILES string of the molecule is CC(C)C(N)C(=O)NC(CS)C(=O)NC(Cc1ccc(O)cc1)C(=O)NC(Cc1ccccc1)C(=O)O. The number of aliphatic carboxylic acids is 1. The molecule has 2 aromatic rings. The number of phenols is 1. The third kappa shape index (κ3) is 9.43. The highest BCUT2D eigenvalue weighted by molar-refractivity contribution is 7.80. The predicted octanol–water partition coefficient (Wildman–Crippen LogP) is 0.630. The lowest BCUT2D eigenvalue weighted by Gasteiger charge is -2.25. The molecule has 0 spiro atoms. The molecule has 0 aliphatic rings. The zero-order chi connectivity index (χ0) is 27.5. The van der Waals surface area contributed by atoms with Crippen LogP contribution in [0, 0.1) is 5.92 Å². The maximum absolute atomic E-state index is 13.2. The lowest BCUT2D eigenvalue weighted by molar-refractivity contribution is -0.142. The van der Waals surface area contributed by atoms with E-state index in [0.29, 0.717) is 11.1 Å². The van der Waals surface area contributed by atoms with Crippen LogP contribution in [0.15, 0.2) is 54.6 Å². The van der Waals surface area contributed by atoms with Gasteiger partial charge in [-0.15, -0.1) is 0 Å². The number of amides is 3. The first-order valence-electron chi connectivity index (χ1n) is 11.8. The number of benzene rings is 2. The number of thiol groups is 1. The van der Waals surface area contributed by atoms with Crippen molar-refractivity contribution in [3.63, 3.8) is 0 Å². The number of hydrogen-bond donors (Lipinski definition) is 7. The number of carboxylic acid groups (broad SMARTS) is 1. The van der Waals surface area contributed by atoms with Gasteiger partial charge in [0, 0.05) is 18.6 Å². The lowest BCUT2D eigenvalue weighted by Crippen LogP contribution is -2.58. The van der Waals surface area contributed by atoms with Crippen LogP contribution in [0.4, 0.5) is 0 Å². The van der Waals surface area contributed by atoms with Gasteiger partial charge in [0.2, 0.25) is 17.7 Å². The molecule has 0 saturated carbocycles. The summed E-state index contributed by atoms with van der Waals surface area (Å²) < 4.78 is 0. The summed E-state index contributed by atoms with van der Waals surface area (Å²) in [4.78, 5) is 50.5. The second-order valence-corrected chi connectivity index (χ2v) is 9.40. The summed E-state index contributed by atoms with van der Waals surface area (Å²) in [6.07, 6.45) is 0.0540. The molecule has 0 aliphatic carbocycles. The zero-order valence-electron chi connectivity index (χ0n) is 20.8. The lowest BCUT2D eigenvalue weighted by atomic mass is 10.0. The number of carboxylic acids is 1. The quantitative estimate of drug-likeness (QED) is 0.186. The number of rotatable bonds is 13. The molecule has 0 radical (unpaired) electrons. The molecule has 2 rings (SSSR count). The van der Waals surface area contributed by atoms with Crippen LogP contribution >= 0.6 is 12.6 Å². The molecule has 0 fully saturated rings. The molecule has 0 aliphatic heterocycles. The summed E-state index contributed by atoms with van der Waals surface area (Å²) >= 11 is 4.15. The van der Waals surface area contributed by atoms with Crippen molar-refractivity contribution in [3.05, 3.63) is 65.7 Å². The van der Waals surface area contributed by atoms with Crippen LogP contribution in [0.2, 0.25) is 0 Å². The van der Waals surface area contributed by atoms with Crippen molar-refractivity contribution < 1.29 is 29.4 Å². The molecule has 4 unspecified atom stereocenters. The van der Waals surface area contributed by atoms with Crippen molar-refractivity contribution in [1.29, 1.82) is 0 Å². The van der Waals surface area contributed by atoms with Gasteiger partial charge in [-0.3, -0.25) is 14.4 Å². The Morgan fingerprint density at radius 1 is 0.784 bits per heavy atom. The van der Waals surface area contributed by atoms with E-state index in [9.17, 15) is 29.4 Å². The Morgan fingerprint density at radius 3 is 1.81 bits per heavy atom. The van der Waals surface area contributed by atoms with E-state index in [4.69, 9.17) is 5.73 Å². The number of aromatic hydroxyl groups is 1. The predicted molar refractivity (Wildman–Crippen MR) is 142 cm³/mol. The highest BCUT2D eigenvalue weighted by Gasteiger charge is 2.30. The standard InChI is InChI=1S/C26H34N4O6S/c1-15(2)22(27)25(34)30-21(14-37)24(33)28-19(12-17-8-10-18(31)11-9-17)23(32)29-20(26(35)36)13-16-6-4-3-5-7-16/h3-11,15,19-22,31,37H,12-14,27H2,1-2H3,(H,28,33)(H,29,32)(H,30,34)(H,35,36). The molecule has 0 bridgehead atoms. The van der Waals surface area contributed by atoms with E-state index in [0.717, 1.165) is 0 Å². The summed E-state index contributed by atoms with van der Waals surface area (Å²) in [5.74, 6) is -3.33. The van der Waals surface area contributed by atoms with E-state index in [-0.39, 0.29) is 30.3 Å². The average Bonchev–Trinajstić information content (AvgIpc) is 2.87. The van der Waals surface area contributed by atoms with E-state index >= 15 is 0 Å². The van der Waals surface area contributed by atoms with Gasteiger partial charge in [0.1, 0.15) is 23.9 Å². The van der Waals surface area contributed by atoms with Crippen molar-refractivity contribution in [1.82, 2.24) is 16.0 Å². The number of carbonyl (C=O) groups is 4. The van der Waals surface area contributed by atoms with E-state index in [1.807, 2.05) is 0 Å². The molecule has 4 atom stereocenters. The van der Waals surface area contributed by atoms with Gasteiger partial charge in [0.05, 0.1) is 6.04 Å². The van der Waals surface area contributed by atoms with Gasteiger partial charge in [-0.1, -0.05) is 56.3 Å². The van der Waals surface area contributed by atoms with Gasteiger partial charge in [-0.05, 0) is 29.2 Å². The molecule has 0 heterocycles. The van der Waals surface area contributed by atoms with Crippen molar-refractivity contribution >= 4 is 36.3 Å². The van der Waals surface area contributed by atoms with Crippen molar-refractivity contribution in [2.24, 2.45) is 11.7 Å². The van der Waals surface area contributed by atoms with Crippen LogP contribution in [0.25, 0.3) is 0 Å². The molecule has 7 N–H and O–H groups in total. The number of phenolic OH excluding ortho intramolecular Hbond substituents is 1. The van der Waals surface area contributed by atoms with Crippen LogP contribution in [-0.4, -0.2) is 63.8 Å². The van der Waals surface area contributed by atoms with Crippen LogP contribution in [0.5, 0.6) is 5.75 Å². The molecular weight excluding hydrogens is 496 g/mol. The fourth-order valence-electron chi connectivity index (χ4n) is 3.44. The molecule has 0 saturated heterocycles. The molecule has 3 amide bonds. The third-order valence-electron chi connectivity index (χ3n) is 5.74.